The van der Waals surface area contributed by atoms with Crippen LogP contribution in [0.5, 0.6) is 5.75 Å². The van der Waals surface area contributed by atoms with Gasteiger partial charge in [0.05, 0.1) is 13.2 Å². The molecule has 30 heavy (non-hydrogen) atoms. The summed E-state index contributed by atoms with van der Waals surface area (Å²) >= 11 is 0. The molecule has 0 amide bonds. The molecular weight excluding hydrogens is 376 g/mol. The maximum atomic E-state index is 5.67. The van der Waals surface area contributed by atoms with E-state index in [0.717, 1.165) is 50.9 Å². The fourth-order valence-corrected chi connectivity index (χ4v) is 5.07. The van der Waals surface area contributed by atoms with Crippen LogP contribution in [-0.2, 0) is 4.74 Å². The number of likely N-dealkylation sites (tertiary alicyclic amines) is 1. The van der Waals surface area contributed by atoms with Crippen LogP contribution >= 0.6 is 0 Å². The molecule has 3 rings (SSSR count). The maximum Gasteiger partial charge on any atom is 0.191 e. The lowest BCUT2D eigenvalue weighted by atomic mass is 9.83. The zero-order chi connectivity index (χ0) is 21.2. The van der Waals surface area contributed by atoms with Crippen LogP contribution in [0.3, 0.4) is 0 Å². The molecule has 0 bridgehead atoms. The predicted molar refractivity (Wildman–Crippen MR) is 123 cm³/mol. The molecule has 0 aromatic heterocycles. The van der Waals surface area contributed by atoms with Gasteiger partial charge in [-0.1, -0.05) is 31.0 Å². The summed E-state index contributed by atoms with van der Waals surface area (Å²) in [5, 5.41) is 7.22. The summed E-state index contributed by atoms with van der Waals surface area (Å²) in [4.78, 5) is 7.07. The van der Waals surface area contributed by atoms with Crippen molar-refractivity contribution in [3.05, 3.63) is 29.8 Å². The van der Waals surface area contributed by atoms with Gasteiger partial charge in [-0.25, -0.2) is 0 Å². The number of rotatable bonds is 10. The third-order valence-electron chi connectivity index (χ3n) is 6.90. The molecule has 2 fully saturated rings. The third kappa shape index (κ3) is 5.88. The average molecular weight is 417 g/mol. The lowest BCUT2D eigenvalue weighted by Crippen LogP contribution is -2.46. The van der Waals surface area contributed by atoms with Gasteiger partial charge in [-0.2, -0.15) is 0 Å². The molecule has 168 valence electrons. The second-order valence-electron chi connectivity index (χ2n) is 8.76. The number of nitrogens with one attached hydrogen (secondary N) is 2. The number of guanidine groups is 1. The third-order valence-corrected chi connectivity index (χ3v) is 6.90. The average Bonchev–Trinajstić information content (AvgIpc) is 3.48. The highest BCUT2D eigenvalue weighted by Gasteiger charge is 2.33. The summed E-state index contributed by atoms with van der Waals surface area (Å²) in [6.07, 6.45) is 8.84. The Morgan fingerprint density at radius 1 is 1.10 bits per heavy atom. The van der Waals surface area contributed by atoms with Crippen LogP contribution in [0, 0.1) is 5.41 Å². The van der Waals surface area contributed by atoms with Crippen molar-refractivity contribution in [1.82, 2.24) is 15.5 Å². The van der Waals surface area contributed by atoms with Gasteiger partial charge in [-0.15, -0.1) is 0 Å². The fourth-order valence-electron chi connectivity index (χ4n) is 5.07. The normalized spacial score (nSPS) is 20.3. The number of hydrogen-bond donors (Lipinski definition) is 2. The fraction of sp³-hybridized carbons (Fsp3) is 0.708. The number of hydrogen-bond acceptors (Lipinski definition) is 4. The van der Waals surface area contributed by atoms with E-state index in [1.165, 1.54) is 44.1 Å². The molecule has 1 atom stereocenters. The molecule has 6 nitrogen and oxygen atoms in total. The number of benzene rings is 1. The summed E-state index contributed by atoms with van der Waals surface area (Å²) in [6, 6.07) is 8.67. The van der Waals surface area contributed by atoms with E-state index in [1.54, 1.807) is 14.2 Å². The van der Waals surface area contributed by atoms with E-state index in [0.29, 0.717) is 5.41 Å². The van der Waals surface area contributed by atoms with Crippen LogP contribution in [0.1, 0.15) is 56.6 Å². The van der Waals surface area contributed by atoms with E-state index in [2.05, 4.69) is 38.7 Å². The molecule has 1 aromatic rings. The Morgan fingerprint density at radius 3 is 2.50 bits per heavy atom. The van der Waals surface area contributed by atoms with Gasteiger partial charge in [0.15, 0.2) is 5.96 Å². The maximum absolute atomic E-state index is 5.67. The topological polar surface area (TPSA) is 58.1 Å². The summed E-state index contributed by atoms with van der Waals surface area (Å²) in [7, 11) is 5.42. The van der Waals surface area contributed by atoms with Crippen molar-refractivity contribution in [2.75, 3.05) is 54.1 Å². The van der Waals surface area contributed by atoms with Gasteiger partial charge in [-0.3, -0.25) is 9.89 Å². The van der Waals surface area contributed by atoms with Gasteiger partial charge in [0.1, 0.15) is 5.75 Å². The number of ether oxygens (including phenoxy) is 2. The molecule has 6 heteroatoms. The van der Waals surface area contributed by atoms with Crippen molar-refractivity contribution in [3.63, 3.8) is 0 Å². The minimum Gasteiger partial charge on any atom is -0.496 e. The molecule has 1 saturated heterocycles. The molecule has 1 aliphatic carbocycles. The zero-order valence-corrected chi connectivity index (χ0v) is 19.1. The van der Waals surface area contributed by atoms with Gasteiger partial charge >= 0.3 is 0 Å². The summed E-state index contributed by atoms with van der Waals surface area (Å²) < 4.78 is 11.1. The molecule has 1 unspecified atom stereocenters. The van der Waals surface area contributed by atoms with Crippen molar-refractivity contribution in [1.29, 1.82) is 0 Å². The SMILES string of the molecule is CN=C(NCC(c1ccccc1OC)N1CCCC1)NCC1(CCOC)CCCC1. The van der Waals surface area contributed by atoms with Gasteiger partial charge in [0.2, 0.25) is 0 Å². The molecule has 1 heterocycles. The van der Waals surface area contributed by atoms with Gasteiger partial charge in [0, 0.05) is 39.4 Å². The van der Waals surface area contributed by atoms with Gasteiger partial charge in [0.25, 0.3) is 0 Å². The number of nitrogens with zero attached hydrogens (tertiary/aromatic N) is 2. The van der Waals surface area contributed by atoms with Crippen LogP contribution in [0.4, 0.5) is 0 Å². The first-order valence-corrected chi connectivity index (χ1v) is 11.5. The van der Waals surface area contributed by atoms with E-state index in [9.17, 15) is 0 Å². The van der Waals surface area contributed by atoms with Crippen LogP contribution in [0.15, 0.2) is 29.3 Å². The first-order valence-electron chi connectivity index (χ1n) is 11.5. The number of methoxy groups -OCH3 is 2. The molecule has 0 radical (unpaired) electrons. The molecular formula is C24H40N4O2. The van der Waals surface area contributed by atoms with Gasteiger partial charge in [-0.05, 0) is 56.7 Å². The lowest BCUT2D eigenvalue weighted by molar-refractivity contribution is 0.138. The van der Waals surface area contributed by atoms with E-state index in [-0.39, 0.29) is 6.04 Å². The zero-order valence-electron chi connectivity index (χ0n) is 19.1. The molecule has 2 aliphatic rings. The lowest BCUT2D eigenvalue weighted by Gasteiger charge is -2.32. The van der Waals surface area contributed by atoms with Crippen molar-refractivity contribution in [2.24, 2.45) is 10.4 Å². The quantitative estimate of drug-likeness (QED) is 0.451. The Bertz CT molecular complexity index is 667. The van der Waals surface area contributed by atoms with Crippen molar-refractivity contribution in [3.8, 4) is 5.75 Å². The van der Waals surface area contributed by atoms with Crippen LogP contribution in [0.25, 0.3) is 0 Å². The Labute approximate surface area is 182 Å². The Balaban J connectivity index is 1.63. The summed E-state index contributed by atoms with van der Waals surface area (Å²) in [6.45, 7) is 4.87. The standard InChI is InChI=1S/C24H40N4O2/c1-25-23(27-19-24(14-17-29-2)12-6-7-13-24)26-18-21(28-15-8-9-16-28)20-10-4-5-11-22(20)30-3/h4-5,10-11,21H,6-9,12-19H2,1-3H3,(H2,25,26,27). The second-order valence-corrected chi connectivity index (χ2v) is 8.76. The smallest absolute Gasteiger partial charge is 0.191 e. The molecule has 2 N–H and O–H groups in total. The van der Waals surface area contributed by atoms with Crippen molar-refractivity contribution in [2.45, 2.75) is 51.0 Å². The number of para-hydroxylation sites is 1. The minimum absolute atomic E-state index is 0.274. The minimum atomic E-state index is 0.274. The summed E-state index contributed by atoms with van der Waals surface area (Å²) in [5.41, 5.74) is 1.59. The summed E-state index contributed by atoms with van der Waals surface area (Å²) in [5.74, 6) is 1.85. The van der Waals surface area contributed by atoms with E-state index >= 15 is 0 Å². The number of aliphatic imine (C=N–C) groups is 1. The molecule has 0 spiro atoms. The van der Waals surface area contributed by atoms with E-state index < -0.39 is 0 Å². The Hall–Kier alpha value is -1.79. The van der Waals surface area contributed by atoms with E-state index in [4.69, 9.17) is 9.47 Å². The van der Waals surface area contributed by atoms with Gasteiger partial charge < -0.3 is 20.1 Å². The highest BCUT2D eigenvalue weighted by Crippen LogP contribution is 2.40. The van der Waals surface area contributed by atoms with Crippen LogP contribution in [0.2, 0.25) is 0 Å². The first kappa shape index (κ1) is 22.9. The molecule has 1 aromatic carbocycles. The van der Waals surface area contributed by atoms with E-state index in [1.807, 2.05) is 13.1 Å². The highest BCUT2D eigenvalue weighted by atomic mass is 16.5. The Kier molecular flexibility index (Phi) is 8.82. The highest BCUT2D eigenvalue weighted by molar-refractivity contribution is 5.79. The Morgan fingerprint density at radius 2 is 1.83 bits per heavy atom. The van der Waals surface area contributed by atoms with Crippen molar-refractivity contribution < 1.29 is 9.47 Å². The van der Waals surface area contributed by atoms with Crippen LogP contribution in [-0.4, -0.2) is 64.9 Å². The molecule has 1 aliphatic heterocycles. The monoisotopic (exact) mass is 416 g/mol. The van der Waals surface area contributed by atoms with Crippen molar-refractivity contribution >= 4 is 5.96 Å². The largest absolute Gasteiger partial charge is 0.496 e. The van der Waals surface area contributed by atoms with Crippen LogP contribution < -0.4 is 15.4 Å². The second kappa shape index (κ2) is 11.6. The first-order chi connectivity index (χ1) is 14.7. The molecule has 1 saturated carbocycles. The predicted octanol–water partition coefficient (Wildman–Crippen LogP) is 3.59.